The molecule has 0 aliphatic rings. The summed E-state index contributed by atoms with van der Waals surface area (Å²) in [4.78, 5) is 55.1. The minimum atomic E-state index is -0.0288. The highest BCUT2D eigenvalue weighted by molar-refractivity contribution is 9.09. The number of nitrogens with zero attached hydrogens (tertiary/aromatic N) is 2. The minimum absolute atomic E-state index is 0.0288. The number of hydrogen-bond donors (Lipinski definition) is 0. The topological polar surface area (TPSA) is 93.2 Å². The van der Waals surface area contributed by atoms with Gasteiger partial charge in [0.2, 0.25) is 11.8 Å². The highest BCUT2D eigenvalue weighted by Crippen LogP contribution is 2.22. The Labute approximate surface area is 528 Å². The number of carbonyl (C=O) groups is 4. The van der Waals surface area contributed by atoms with Gasteiger partial charge in [-0.2, -0.15) is 0 Å². The molecule has 0 aromatic heterocycles. The summed E-state index contributed by atoms with van der Waals surface area (Å²) in [6.45, 7) is 18.2. The number of rotatable bonds is 64. The van der Waals surface area contributed by atoms with Crippen molar-refractivity contribution in [3.63, 3.8) is 0 Å². The van der Waals surface area contributed by atoms with Crippen LogP contribution >= 0.6 is 31.9 Å². The van der Waals surface area contributed by atoms with Gasteiger partial charge in [-0.3, -0.25) is 19.2 Å². The SMILES string of the molecule is CCCCCCCCC(CCCCCC)COC(=O)CCCCCN(CCCCCC)C(=O)CCCCCCCBr.CCCCCCCCC(CCCCCC)COC(=O)CCCCCN(CCCCCC)C(=O)CCCCCCCBr. The smallest absolute Gasteiger partial charge is 0.305 e. The maximum atomic E-state index is 12.9. The zero-order valence-corrected chi connectivity index (χ0v) is 58.9. The van der Waals surface area contributed by atoms with Crippen molar-refractivity contribution in [1.82, 2.24) is 9.80 Å². The van der Waals surface area contributed by atoms with Crippen LogP contribution in [0, 0.1) is 11.8 Å². The lowest BCUT2D eigenvalue weighted by atomic mass is 9.95. The minimum Gasteiger partial charge on any atom is -0.465 e. The first-order valence-electron chi connectivity index (χ1n) is 36.2. The van der Waals surface area contributed by atoms with Crippen LogP contribution in [0.15, 0.2) is 0 Å². The molecule has 8 nitrogen and oxygen atoms in total. The standard InChI is InChI=1S/2C36H70BrNO3/c2*1-4-7-10-13-15-20-27-34(26-19-11-8-5-2)33-41-36(40)29-22-18-25-32-38(31-24-12-9-6-3)35(39)28-21-16-14-17-23-30-37/h2*34H,4-33H2,1-3H3. The lowest BCUT2D eigenvalue weighted by Gasteiger charge is -2.23. The molecule has 0 saturated carbocycles. The normalized spacial score (nSPS) is 12.0. The van der Waals surface area contributed by atoms with Crippen molar-refractivity contribution in [1.29, 1.82) is 0 Å². The van der Waals surface area contributed by atoms with Crippen LogP contribution in [0.25, 0.3) is 0 Å². The molecule has 0 spiro atoms. The summed E-state index contributed by atoms with van der Waals surface area (Å²) in [7, 11) is 0. The Balaban J connectivity index is 0. The Morgan fingerprint density at radius 1 is 0.280 bits per heavy atom. The predicted molar refractivity (Wildman–Crippen MR) is 364 cm³/mol. The van der Waals surface area contributed by atoms with Crippen LogP contribution in [0.2, 0.25) is 0 Å². The second-order valence-electron chi connectivity index (χ2n) is 24.8. The molecule has 0 aliphatic carbocycles. The van der Waals surface area contributed by atoms with Gasteiger partial charge in [0.25, 0.3) is 0 Å². The van der Waals surface area contributed by atoms with E-state index < -0.39 is 0 Å². The van der Waals surface area contributed by atoms with Crippen molar-refractivity contribution in [3.8, 4) is 0 Å². The fourth-order valence-electron chi connectivity index (χ4n) is 11.1. The zero-order chi connectivity index (χ0) is 60.5. The Bertz CT molecular complexity index is 1240. The molecule has 0 aliphatic heterocycles. The molecule has 2 unspecified atom stereocenters. The molecule has 10 heteroatoms. The van der Waals surface area contributed by atoms with Gasteiger partial charge in [0.05, 0.1) is 13.2 Å². The molecule has 2 atom stereocenters. The van der Waals surface area contributed by atoms with Crippen molar-refractivity contribution in [3.05, 3.63) is 0 Å². The second-order valence-corrected chi connectivity index (χ2v) is 26.4. The largest absolute Gasteiger partial charge is 0.465 e. The van der Waals surface area contributed by atoms with Crippen molar-refractivity contribution in [2.24, 2.45) is 11.8 Å². The van der Waals surface area contributed by atoms with E-state index in [1.807, 2.05) is 0 Å². The van der Waals surface area contributed by atoms with Gasteiger partial charge in [0.1, 0.15) is 0 Å². The first-order valence-corrected chi connectivity index (χ1v) is 38.4. The summed E-state index contributed by atoms with van der Waals surface area (Å²) in [5.74, 6) is 1.66. The van der Waals surface area contributed by atoms with E-state index in [0.29, 0.717) is 62.5 Å². The number of hydrogen-bond acceptors (Lipinski definition) is 6. The van der Waals surface area contributed by atoms with Gasteiger partial charge in [0.15, 0.2) is 0 Å². The van der Waals surface area contributed by atoms with Gasteiger partial charge in [-0.15, -0.1) is 0 Å². The highest BCUT2D eigenvalue weighted by Gasteiger charge is 2.17. The van der Waals surface area contributed by atoms with Gasteiger partial charge in [0, 0.05) is 62.5 Å². The summed E-state index contributed by atoms with van der Waals surface area (Å²) in [6.07, 6.45) is 60.3. The predicted octanol–water partition coefficient (Wildman–Crippen LogP) is 23.1. The fourth-order valence-corrected chi connectivity index (χ4v) is 11.9. The van der Waals surface area contributed by atoms with E-state index in [4.69, 9.17) is 9.47 Å². The van der Waals surface area contributed by atoms with Crippen LogP contribution in [0.4, 0.5) is 0 Å². The molecule has 0 saturated heterocycles. The summed E-state index contributed by atoms with van der Waals surface area (Å²) >= 11 is 6.99. The number of halogens is 2. The Morgan fingerprint density at radius 3 is 0.793 bits per heavy atom. The molecule has 0 bridgehead atoms. The number of esters is 2. The van der Waals surface area contributed by atoms with E-state index >= 15 is 0 Å². The van der Waals surface area contributed by atoms with Crippen LogP contribution in [0.3, 0.4) is 0 Å². The van der Waals surface area contributed by atoms with Crippen molar-refractivity contribution in [2.45, 2.75) is 375 Å². The fraction of sp³-hybridized carbons (Fsp3) is 0.944. The molecule has 82 heavy (non-hydrogen) atoms. The van der Waals surface area contributed by atoms with Crippen LogP contribution in [0.1, 0.15) is 375 Å². The number of unbranched alkanes of at least 4 members (excludes halogenated alkanes) is 34. The quantitative estimate of drug-likeness (QED) is 0.0342. The Kier molecular flexibility index (Phi) is 69.7. The van der Waals surface area contributed by atoms with E-state index in [1.165, 1.54) is 231 Å². The molecule has 488 valence electrons. The number of ether oxygens (including phenoxy) is 2. The molecule has 0 N–H and O–H groups in total. The van der Waals surface area contributed by atoms with Crippen LogP contribution < -0.4 is 0 Å². The van der Waals surface area contributed by atoms with Crippen LogP contribution in [-0.2, 0) is 28.7 Å². The van der Waals surface area contributed by atoms with Gasteiger partial charge in [-0.05, 0) is 102 Å². The van der Waals surface area contributed by atoms with Gasteiger partial charge >= 0.3 is 11.9 Å². The number of carbonyl (C=O) groups excluding carboxylic acids is 4. The number of amides is 2. The molecule has 0 aromatic carbocycles. The average molecular weight is 1290 g/mol. The second kappa shape index (κ2) is 68.9. The molecule has 0 fully saturated rings. The molecule has 0 heterocycles. The Morgan fingerprint density at radius 2 is 0.500 bits per heavy atom. The van der Waals surface area contributed by atoms with E-state index in [2.05, 4.69) is 83.2 Å². The lowest BCUT2D eigenvalue weighted by molar-refractivity contribution is -0.146. The Hall–Kier alpha value is -1.16. The maximum Gasteiger partial charge on any atom is 0.305 e. The molecule has 0 rings (SSSR count). The first-order chi connectivity index (χ1) is 40.2. The maximum absolute atomic E-state index is 12.9. The number of alkyl halides is 2. The first kappa shape index (κ1) is 82.9. The monoisotopic (exact) mass is 1290 g/mol. The molecular weight excluding hydrogens is 1150 g/mol. The summed E-state index contributed by atoms with van der Waals surface area (Å²) in [6, 6.07) is 0. The summed E-state index contributed by atoms with van der Waals surface area (Å²) < 4.78 is 11.5. The lowest BCUT2D eigenvalue weighted by Crippen LogP contribution is -2.32. The van der Waals surface area contributed by atoms with Crippen LogP contribution in [-0.4, -0.2) is 83.6 Å². The van der Waals surface area contributed by atoms with Gasteiger partial charge in [-0.1, -0.05) is 292 Å². The zero-order valence-electron chi connectivity index (χ0n) is 55.7. The molecule has 2 amide bonds. The molecular formula is C72H140Br2N2O6. The van der Waals surface area contributed by atoms with Gasteiger partial charge < -0.3 is 19.3 Å². The molecule has 0 aromatic rings. The van der Waals surface area contributed by atoms with E-state index in [-0.39, 0.29) is 11.9 Å². The highest BCUT2D eigenvalue weighted by atomic mass is 79.9. The summed E-state index contributed by atoms with van der Waals surface area (Å²) in [5, 5.41) is 2.15. The third-order valence-electron chi connectivity index (χ3n) is 16.8. The summed E-state index contributed by atoms with van der Waals surface area (Å²) in [5.41, 5.74) is 0. The average Bonchev–Trinajstić information content (AvgIpc) is 3.48. The molecule has 0 radical (unpaired) electrons. The van der Waals surface area contributed by atoms with Crippen molar-refractivity contribution < 1.29 is 28.7 Å². The van der Waals surface area contributed by atoms with E-state index in [0.717, 1.165) is 114 Å². The van der Waals surface area contributed by atoms with Crippen LogP contribution in [0.5, 0.6) is 0 Å². The van der Waals surface area contributed by atoms with Gasteiger partial charge in [-0.25, -0.2) is 0 Å². The third kappa shape index (κ3) is 60.5. The van der Waals surface area contributed by atoms with E-state index in [1.54, 1.807) is 0 Å². The van der Waals surface area contributed by atoms with Crippen molar-refractivity contribution in [2.75, 3.05) is 50.1 Å². The third-order valence-corrected chi connectivity index (χ3v) is 17.9. The van der Waals surface area contributed by atoms with Crippen molar-refractivity contribution >= 4 is 55.6 Å². The van der Waals surface area contributed by atoms with E-state index in [9.17, 15) is 19.2 Å².